The Morgan fingerprint density at radius 1 is 1.10 bits per heavy atom. The Morgan fingerprint density at radius 3 is 2.34 bits per heavy atom. The molecule has 29 heavy (non-hydrogen) atoms. The van der Waals surface area contributed by atoms with Crippen molar-refractivity contribution in [1.29, 1.82) is 0 Å². The average Bonchev–Trinajstić information content (AvgIpc) is 2.74. The first-order valence-electron chi connectivity index (χ1n) is 10.00. The summed E-state index contributed by atoms with van der Waals surface area (Å²) in [5.41, 5.74) is -0.508. The summed E-state index contributed by atoms with van der Waals surface area (Å²) in [7, 11) is 0. The number of aromatic nitrogens is 1. The lowest BCUT2D eigenvalue weighted by molar-refractivity contribution is -0.162. The van der Waals surface area contributed by atoms with Gasteiger partial charge in [0.25, 0.3) is 0 Å². The molecule has 1 N–H and O–H groups in total. The smallest absolute Gasteiger partial charge is 0.323 e. The van der Waals surface area contributed by atoms with Gasteiger partial charge < -0.3 is 24.3 Å². The monoisotopic (exact) mass is 406 g/mol. The Balaban J connectivity index is 2.67. The summed E-state index contributed by atoms with van der Waals surface area (Å²) in [6, 6.07) is 5.22. The molecule has 0 aliphatic carbocycles. The number of carbonyl (C=O) groups is 2. The summed E-state index contributed by atoms with van der Waals surface area (Å²) in [6.07, 6.45) is 2.52. The number of esters is 2. The summed E-state index contributed by atoms with van der Waals surface area (Å²) in [6.45, 7) is 8.51. The fraction of sp³-hybridized carbons (Fsp3) is 0.571. The van der Waals surface area contributed by atoms with E-state index in [2.05, 4.69) is 10.3 Å². The second kappa shape index (κ2) is 10.9. The minimum atomic E-state index is -1.46. The summed E-state index contributed by atoms with van der Waals surface area (Å²) in [5, 5.41) is 3.17. The highest BCUT2D eigenvalue weighted by Gasteiger charge is 2.54. The maximum atomic E-state index is 13.3. The lowest BCUT2D eigenvalue weighted by Crippen LogP contribution is -2.55. The molecule has 1 aromatic rings. The molecule has 0 fully saturated rings. The molecular formula is C21H30N2O6. The molecule has 0 radical (unpaired) electrons. The summed E-state index contributed by atoms with van der Waals surface area (Å²) in [4.78, 5) is 30.5. The normalized spacial score (nSPS) is 21.3. The van der Waals surface area contributed by atoms with E-state index in [9.17, 15) is 9.59 Å². The van der Waals surface area contributed by atoms with Gasteiger partial charge in [-0.25, -0.2) is 0 Å². The van der Waals surface area contributed by atoms with Crippen LogP contribution >= 0.6 is 0 Å². The van der Waals surface area contributed by atoms with Crippen LogP contribution in [-0.2, 0) is 34.0 Å². The predicted molar refractivity (Wildman–Crippen MR) is 106 cm³/mol. The number of nitrogens with one attached hydrogen (secondary N) is 1. The summed E-state index contributed by atoms with van der Waals surface area (Å²) in [5.74, 6) is -1.93. The molecule has 0 aromatic carbocycles. The molecule has 2 heterocycles. The summed E-state index contributed by atoms with van der Waals surface area (Å²) < 4.78 is 22.1. The van der Waals surface area contributed by atoms with Crippen molar-refractivity contribution in [2.75, 3.05) is 33.0 Å². The Kier molecular flexibility index (Phi) is 8.60. The van der Waals surface area contributed by atoms with E-state index in [0.717, 1.165) is 0 Å². The lowest BCUT2D eigenvalue weighted by atomic mass is 9.69. The van der Waals surface area contributed by atoms with E-state index in [-0.39, 0.29) is 19.8 Å². The second-order valence-electron chi connectivity index (χ2n) is 6.33. The van der Waals surface area contributed by atoms with Crippen LogP contribution in [0.5, 0.6) is 0 Å². The number of hydrogen-bond donors (Lipinski definition) is 1. The van der Waals surface area contributed by atoms with Gasteiger partial charge in [-0.3, -0.25) is 14.6 Å². The highest BCUT2D eigenvalue weighted by atomic mass is 16.7. The minimum absolute atomic E-state index is 0.150. The van der Waals surface area contributed by atoms with Gasteiger partial charge in [0.05, 0.1) is 30.5 Å². The van der Waals surface area contributed by atoms with Crippen molar-refractivity contribution in [1.82, 2.24) is 10.3 Å². The van der Waals surface area contributed by atoms with Crippen LogP contribution in [0.1, 0.15) is 33.4 Å². The molecule has 1 aliphatic heterocycles. The van der Waals surface area contributed by atoms with Gasteiger partial charge >= 0.3 is 11.9 Å². The van der Waals surface area contributed by atoms with Crippen LogP contribution in [0.3, 0.4) is 0 Å². The number of rotatable bonds is 10. The van der Waals surface area contributed by atoms with E-state index in [0.29, 0.717) is 24.6 Å². The molecule has 0 spiro atoms. The molecule has 8 nitrogen and oxygen atoms in total. The van der Waals surface area contributed by atoms with Crippen molar-refractivity contribution >= 4 is 11.9 Å². The molecule has 0 saturated carbocycles. The van der Waals surface area contributed by atoms with Gasteiger partial charge in [0, 0.05) is 26.0 Å². The third-order valence-electron chi connectivity index (χ3n) is 4.61. The average molecular weight is 406 g/mol. The Morgan fingerprint density at radius 2 is 1.79 bits per heavy atom. The number of pyridine rings is 1. The highest BCUT2D eigenvalue weighted by molar-refractivity contribution is 5.93. The first-order chi connectivity index (χ1) is 14.0. The molecule has 0 bridgehead atoms. The standard InChI is InChI=1S/C21H30N2O6/c1-5-26-18(24)15-14-23-16(19(27-6-2)28-7-3)13-21(15,20(25)29-8-4)17-11-9-10-12-22-17/h9-13,15,19,23H,5-8,14H2,1-4H3. The van der Waals surface area contributed by atoms with Crippen molar-refractivity contribution in [3.8, 4) is 0 Å². The summed E-state index contributed by atoms with van der Waals surface area (Å²) >= 11 is 0. The minimum Gasteiger partial charge on any atom is -0.466 e. The van der Waals surface area contributed by atoms with Crippen molar-refractivity contribution < 1.29 is 28.5 Å². The van der Waals surface area contributed by atoms with Gasteiger partial charge in [0.1, 0.15) is 5.41 Å². The maximum absolute atomic E-state index is 13.3. The van der Waals surface area contributed by atoms with E-state index >= 15 is 0 Å². The number of carbonyl (C=O) groups excluding carboxylic acids is 2. The third kappa shape index (κ3) is 4.94. The molecule has 2 atom stereocenters. The van der Waals surface area contributed by atoms with Crippen molar-refractivity contribution in [3.63, 3.8) is 0 Å². The number of hydrogen-bond acceptors (Lipinski definition) is 8. The Bertz CT molecular complexity index is 702. The zero-order valence-corrected chi connectivity index (χ0v) is 17.5. The topological polar surface area (TPSA) is 96.0 Å². The molecule has 1 aliphatic rings. The molecule has 2 unspecified atom stereocenters. The molecule has 0 amide bonds. The van der Waals surface area contributed by atoms with Gasteiger partial charge in [-0.2, -0.15) is 0 Å². The lowest BCUT2D eigenvalue weighted by Gasteiger charge is -2.40. The van der Waals surface area contributed by atoms with Crippen molar-refractivity contribution in [3.05, 3.63) is 41.9 Å². The molecule has 2 rings (SSSR count). The van der Waals surface area contributed by atoms with E-state index in [1.807, 2.05) is 13.8 Å². The van der Waals surface area contributed by atoms with Crippen LogP contribution in [0.15, 0.2) is 36.2 Å². The van der Waals surface area contributed by atoms with E-state index < -0.39 is 29.6 Å². The first kappa shape index (κ1) is 22.8. The van der Waals surface area contributed by atoms with Crippen LogP contribution in [0.4, 0.5) is 0 Å². The van der Waals surface area contributed by atoms with Crippen LogP contribution in [0.2, 0.25) is 0 Å². The Hall–Kier alpha value is -2.45. The van der Waals surface area contributed by atoms with Gasteiger partial charge in [-0.15, -0.1) is 0 Å². The van der Waals surface area contributed by atoms with E-state index in [1.165, 1.54) is 0 Å². The second-order valence-corrected chi connectivity index (χ2v) is 6.33. The fourth-order valence-electron chi connectivity index (χ4n) is 3.39. The molecular weight excluding hydrogens is 376 g/mol. The van der Waals surface area contributed by atoms with E-state index in [1.54, 1.807) is 44.3 Å². The van der Waals surface area contributed by atoms with Crippen molar-refractivity contribution in [2.45, 2.75) is 39.4 Å². The van der Waals surface area contributed by atoms with Gasteiger partial charge in [-0.05, 0) is 45.9 Å². The van der Waals surface area contributed by atoms with Gasteiger partial charge in [0.2, 0.25) is 0 Å². The fourth-order valence-corrected chi connectivity index (χ4v) is 3.39. The Labute approximate surface area is 171 Å². The van der Waals surface area contributed by atoms with Crippen LogP contribution in [0, 0.1) is 5.92 Å². The molecule has 0 saturated heterocycles. The molecule has 1 aromatic heterocycles. The predicted octanol–water partition coefficient (Wildman–Crippen LogP) is 1.95. The molecule has 160 valence electrons. The van der Waals surface area contributed by atoms with Crippen molar-refractivity contribution in [2.24, 2.45) is 5.92 Å². The SMILES string of the molecule is CCOC(=O)C1CNC(C(OCC)OCC)=CC1(C(=O)OCC)c1ccccn1. The largest absolute Gasteiger partial charge is 0.466 e. The van der Waals surface area contributed by atoms with Crippen LogP contribution < -0.4 is 5.32 Å². The maximum Gasteiger partial charge on any atom is 0.323 e. The van der Waals surface area contributed by atoms with Crippen LogP contribution in [0.25, 0.3) is 0 Å². The van der Waals surface area contributed by atoms with Crippen LogP contribution in [-0.4, -0.2) is 56.2 Å². The zero-order chi connectivity index (χ0) is 21.3. The number of ether oxygens (including phenoxy) is 4. The van der Waals surface area contributed by atoms with Gasteiger partial charge in [0.15, 0.2) is 6.29 Å². The zero-order valence-electron chi connectivity index (χ0n) is 17.5. The highest BCUT2D eigenvalue weighted by Crippen LogP contribution is 2.39. The quantitative estimate of drug-likeness (QED) is 0.465. The number of nitrogens with zero attached hydrogens (tertiary/aromatic N) is 1. The third-order valence-corrected chi connectivity index (χ3v) is 4.61. The molecule has 8 heteroatoms. The van der Waals surface area contributed by atoms with E-state index in [4.69, 9.17) is 18.9 Å². The van der Waals surface area contributed by atoms with Gasteiger partial charge in [-0.1, -0.05) is 6.07 Å². The first-order valence-corrected chi connectivity index (χ1v) is 10.00.